The fraction of sp³-hybridized carbons (Fsp3) is 0.368. The van der Waals surface area contributed by atoms with Gasteiger partial charge in [-0.1, -0.05) is 31.2 Å². The zero-order valence-electron chi connectivity index (χ0n) is 14.6. The summed E-state index contributed by atoms with van der Waals surface area (Å²) in [6, 6.07) is 6.17. The number of hydrogen-bond donors (Lipinski definition) is 3. The zero-order valence-corrected chi connectivity index (χ0v) is 14.6. The molecule has 3 rings (SSSR count). The Morgan fingerprint density at radius 2 is 2.04 bits per heavy atom. The second kappa shape index (κ2) is 7.19. The summed E-state index contributed by atoms with van der Waals surface area (Å²) >= 11 is 0. The molecule has 0 radical (unpaired) electrons. The van der Waals surface area contributed by atoms with Crippen molar-refractivity contribution in [3.05, 3.63) is 53.8 Å². The van der Waals surface area contributed by atoms with Gasteiger partial charge in [0.25, 0.3) is 0 Å². The van der Waals surface area contributed by atoms with Crippen LogP contribution in [0.3, 0.4) is 0 Å². The van der Waals surface area contributed by atoms with E-state index in [-0.39, 0.29) is 11.7 Å². The van der Waals surface area contributed by atoms with E-state index in [1.54, 1.807) is 42.6 Å². The maximum absolute atomic E-state index is 13.7. The van der Waals surface area contributed by atoms with E-state index in [1.807, 2.05) is 0 Å². The largest absolute Gasteiger partial charge is 0.508 e. The van der Waals surface area contributed by atoms with Gasteiger partial charge in [0.1, 0.15) is 5.75 Å². The van der Waals surface area contributed by atoms with Gasteiger partial charge in [0, 0.05) is 17.6 Å². The topological polar surface area (TPSA) is 77.2 Å². The van der Waals surface area contributed by atoms with E-state index in [2.05, 4.69) is 15.5 Å². The van der Waals surface area contributed by atoms with Crippen LogP contribution in [0.2, 0.25) is 0 Å². The Balaban J connectivity index is 1.82. The van der Waals surface area contributed by atoms with Gasteiger partial charge in [-0.15, -0.1) is 0 Å². The number of rotatable bonds is 5. The molecule has 5 nitrogen and oxygen atoms in total. The Bertz CT molecular complexity index is 830. The number of nitrogens with zero attached hydrogens (tertiary/aromatic N) is 2. The van der Waals surface area contributed by atoms with Crippen LogP contribution >= 0.6 is 0 Å². The molecule has 3 atom stereocenters. The van der Waals surface area contributed by atoms with Crippen LogP contribution in [-0.4, -0.2) is 40.5 Å². The summed E-state index contributed by atoms with van der Waals surface area (Å²) in [5.41, 5.74) is 1.23. The van der Waals surface area contributed by atoms with Gasteiger partial charge >= 0.3 is 6.18 Å². The van der Waals surface area contributed by atoms with Crippen molar-refractivity contribution in [3.63, 3.8) is 0 Å². The van der Waals surface area contributed by atoms with Crippen molar-refractivity contribution in [2.24, 2.45) is 16.0 Å². The monoisotopic (exact) mass is 379 g/mol. The highest BCUT2D eigenvalue weighted by Crippen LogP contribution is 2.40. The average molecular weight is 379 g/mol. The maximum Gasteiger partial charge on any atom is 0.419 e. The lowest BCUT2D eigenvalue weighted by Crippen LogP contribution is -2.49. The molecule has 0 amide bonds. The van der Waals surface area contributed by atoms with Crippen molar-refractivity contribution >= 4 is 11.9 Å². The number of aliphatic hydroxyl groups is 1. The second-order valence-electron chi connectivity index (χ2n) is 6.78. The second-order valence-corrected chi connectivity index (χ2v) is 6.78. The van der Waals surface area contributed by atoms with E-state index >= 15 is 0 Å². The third-order valence-electron chi connectivity index (χ3n) is 4.78. The number of benzene rings is 1. The summed E-state index contributed by atoms with van der Waals surface area (Å²) in [5, 5.41) is 24.2. The molecule has 1 aromatic carbocycles. The summed E-state index contributed by atoms with van der Waals surface area (Å²) in [4.78, 5) is 4.06. The minimum absolute atomic E-state index is 0.0981. The predicted molar refractivity (Wildman–Crippen MR) is 96.8 cm³/mol. The number of phenols is 1. The molecule has 0 aromatic heterocycles. The van der Waals surface area contributed by atoms with Crippen LogP contribution in [0.5, 0.6) is 5.75 Å². The first-order valence-electron chi connectivity index (χ1n) is 8.50. The summed E-state index contributed by atoms with van der Waals surface area (Å²) in [7, 11) is 0. The molecule has 3 N–H and O–H groups in total. The first-order valence-corrected chi connectivity index (χ1v) is 8.50. The summed E-state index contributed by atoms with van der Waals surface area (Å²) in [6.07, 6.45) is 1.13. The number of hydrazone groups is 1. The number of aromatic hydroxyl groups is 1. The van der Waals surface area contributed by atoms with Gasteiger partial charge in [0.05, 0.1) is 12.5 Å². The number of phenolic OH excluding ortho intramolecular Hbond substituents is 1. The van der Waals surface area contributed by atoms with E-state index in [9.17, 15) is 23.4 Å². The molecule has 1 heterocycles. The van der Waals surface area contributed by atoms with Gasteiger partial charge in [-0.05, 0) is 36.1 Å². The number of aliphatic imine (C=N–C) groups is 1. The Morgan fingerprint density at radius 3 is 2.74 bits per heavy atom. The van der Waals surface area contributed by atoms with Crippen molar-refractivity contribution in [2.45, 2.75) is 31.0 Å². The first kappa shape index (κ1) is 19.2. The zero-order chi connectivity index (χ0) is 19.7. The molecule has 2 aliphatic rings. The Labute approximate surface area is 154 Å². The van der Waals surface area contributed by atoms with E-state index in [1.165, 1.54) is 13.0 Å². The molecule has 0 spiro atoms. The molecule has 0 fully saturated rings. The van der Waals surface area contributed by atoms with E-state index in [0.717, 1.165) is 5.70 Å². The van der Waals surface area contributed by atoms with E-state index < -0.39 is 30.7 Å². The summed E-state index contributed by atoms with van der Waals surface area (Å²) < 4.78 is 41.0. The third-order valence-corrected chi connectivity index (χ3v) is 4.78. The Hall–Kier alpha value is -2.61. The molecule has 1 aromatic rings. The summed E-state index contributed by atoms with van der Waals surface area (Å²) in [6.45, 7) is 0.708. The van der Waals surface area contributed by atoms with Crippen molar-refractivity contribution < 1.29 is 23.4 Å². The molecule has 0 bridgehead atoms. The van der Waals surface area contributed by atoms with Gasteiger partial charge in [0.2, 0.25) is 0 Å². The average Bonchev–Trinajstić information content (AvgIpc) is 3.08. The first-order chi connectivity index (χ1) is 12.7. The van der Waals surface area contributed by atoms with Crippen LogP contribution < -0.4 is 5.43 Å². The highest BCUT2D eigenvalue weighted by molar-refractivity contribution is 6.09. The standard InChI is InChI=1S/C19H20F3N3O2/c1-12(13-5-2-3-8-17(13)26)9-18(27,19(20,21)22)11-23-15-6-4-7-16-14(15)10-24-25-16/h2-8,10,12,14,25-27H,9,11H2,1H3. The van der Waals surface area contributed by atoms with E-state index in [4.69, 9.17) is 0 Å². The van der Waals surface area contributed by atoms with Crippen molar-refractivity contribution in [1.29, 1.82) is 0 Å². The fourth-order valence-corrected chi connectivity index (χ4v) is 3.23. The number of hydrogen-bond acceptors (Lipinski definition) is 5. The number of fused-ring (bicyclic) bond motifs is 1. The van der Waals surface area contributed by atoms with Crippen LogP contribution in [0, 0.1) is 5.92 Å². The number of halogens is 3. The van der Waals surface area contributed by atoms with Crippen molar-refractivity contribution in [2.75, 3.05) is 6.54 Å². The van der Waals surface area contributed by atoms with Crippen LogP contribution in [0.25, 0.3) is 0 Å². The predicted octanol–water partition coefficient (Wildman–Crippen LogP) is 3.28. The minimum Gasteiger partial charge on any atom is -0.508 e. The SMILES string of the molecule is CC(CC(O)(CN=C1C=CC=C2NN=CC21)C(F)(F)F)c1ccccc1O. The van der Waals surface area contributed by atoms with Gasteiger partial charge in [0.15, 0.2) is 5.60 Å². The van der Waals surface area contributed by atoms with E-state index in [0.29, 0.717) is 11.3 Å². The van der Waals surface area contributed by atoms with Gasteiger partial charge < -0.3 is 10.2 Å². The minimum atomic E-state index is -4.87. The van der Waals surface area contributed by atoms with Gasteiger partial charge in [-0.3, -0.25) is 10.4 Å². The number of nitrogens with one attached hydrogen (secondary N) is 1. The van der Waals surface area contributed by atoms with Gasteiger partial charge in [-0.2, -0.15) is 18.3 Å². The number of allylic oxidation sites excluding steroid dienone is 4. The maximum atomic E-state index is 13.7. The Kier molecular flexibility index (Phi) is 5.10. The highest BCUT2D eigenvalue weighted by Gasteiger charge is 2.54. The summed E-state index contributed by atoms with van der Waals surface area (Å²) in [5.74, 6) is -1.15. The smallest absolute Gasteiger partial charge is 0.419 e. The molecule has 8 heteroatoms. The lowest BCUT2D eigenvalue weighted by Gasteiger charge is -2.32. The molecular formula is C19H20F3N3O2. The van der Waals surface area contributed by atoms with Crippen LogP contribution in [-0.2, 0) is 0 Å². The molecule has 3 unspecified atom stereocenters. The number of alkyl halides is 3. The number of para-hydroxylation sites is 1. The van der Waals surface area contributed by atoms with Crippen LogP contribution in [0.15, 0.2) is 58.3 Å². The van der Waals surface area contributed by atoms with Gasteiger partial charge in [-0.25, -0.2) is 0 Å². The third kappa shape index (κ3) is 3.90. The molecule has 144 valence electrons. The normalized spacial score (nSPS) is 23.5. The quantitative estimate of drug-likeness (QED) is 0.735. The van der Waals surface area contributed by atoms with Crippen LogP contribution in [0.1, 0.15) is 24.8 Å². The lowest BCUT2D eigenvalue weighted by atomic mass is 9.86. The highest BCUT2D eigenvalue weighted by atomic mass is 19.4. The molecule has 1 aliphatic heterocycles. The fourth-order valence-electron chi connectivity index (χ4n) is 3.23. The van der Waals surface area contributed by atoms with Crippen LogP contribution in [0.4, 0.5) is 13.2 Å². The lowest BCUT2D eigenvalue weighted by molar-refractivity contribution is -0.259. The molecule has 1 aliphatic carbocycles. The van der Waals surface area contributed by atoms with Crippen molar-refractivity contribution in [3.8, 4) is 5.75 Å². The Morgan fingerprint density at radius 1 is 1.30 bits per heavy atom. The molecule has 0 saturated carbocycles. The van der Waals surface area contributed by atoms with Crippen molar-refractivity contribution in [1.82, 2.24) is 5.43 Å². The molecule has 27 heavy (non-hydrogen) atoms. The molecule has 0 saturated heterocycles. The molecular weight excluding hydrogens is 359 g/mol.